The highest BCUT2D eigenvalue weighted by atomic mass is 16.6. The fourth-order valence-corrected chi connectivity index (χ4v) is 8.18. The zero-order chi connectivity index (χ0) is 28.6. The molecule has 1 heterocycles. The second-order valence-electron chi connectivity index (χ2n) is 12.6. The Morgan fingerprint density at radius 2 is 1.80 bits per heavy atom. The van der Waals surface area contributed by atoms with Crippen LogP contribution in [-0.4, -0.2) is 60.2 Å². The zero-order valence-corrected chi connectivity index (χ0v) is 23.6. The lowest BCUT2D eigenvalue weighted by molar-refractivity contribution is -0.384. The van der Waals surface area contributed by atoms with Crippen LogP contribution < -0.4 is 10.7 Å². The van der Waals surface area contributed by atoms with Crippen molar-refractivity contribution in [3.05, 3.63) is 56.8 Å². The largest absolute Gasteiger partial charge is 0.378 e. The van der Waals surface area contributed by atoms with Gasteiger partial charge in [-0.15, -0.1) is 0 Å². The van der Waals surface area contributed by atoms with Crippen molar-refractivity contribution in [3.63, 3.8) is 0 Å². The van der Waals surface area contributed by atoms with Gasteiger partial charge in [0.15, 0.2) is 0 Å². The maximum atomic E-state index is 13.4. The van der Waals surface area contributed by atoms with Crippen molar-refractivity contribution in [1.82, 2.24) is 15.6 Å². The topological polar surface area (TPSA) is 126 Å². The van der Waals surface area contributed by atoms with E-state index in [4.69, 9.17) is 4.74 Å². The third-order valence-electron chi connectivity index (χ3n) is 9.68. The predicted molar refractivity (Wildman–Crippen MR) is 155 cm³/mol. The number of allylic oxidation sites excluding steroid dienone is 2. The van der Waals surface area contributed by atoms with E-state index in [-0.39, 0.29) is 27.8 Å². The van der Waals surface area contributed by atoms with Gasteiger partial charge in [-0.1, -0.05) is 12.1 Å². The Labute approximate surface area is 240 Å². The summed E-state index contributed by atoms with van der Waals surface area (Å²) in [5.41, 5.74) is 6.29. The van der Waals surface area contributed by atoms with Crippen molar-refractivity contribution in [3.8, 4) is 0 Å². The van der Waals surface area contributed by atoms with Gasteiger partial charge in [-0.05, 0) is 98.8 Å². The molecule has 7 rings (SSSR count). The van der Waals surface area contributed by atoms with Gasteiger partial charge in [0.05, 0.1) is 24.4 Å². The van der Waals surface area contributed by atoms with E-state index in [9.17, 15) is 19.7 Å². The molecule has 10 heteroatoms. The van der Waals surface area contributed by atoms with Crippen molar-refractivity contribution in [1.29, 1.82) is 0 Å². The summed E-state index contributed by atoms with van der Waals surface area (Å²) >= 11 is 0. The number of hydrogen-bond acceptors (Lipinski definition) is 7. The van der Waals surface area contributed by atoms with Crippen LogP contribution in [0.2, 0.25) is 0 Å². The van der Waals surface area contributed by atoms with Crippen molar-refractivity contribution < 1.29 is 19.2 Å². The van der Waals surface area contributed by atoms with Gasteiger partial charge in [-0.25, -0.2) is 5.43 Å². The lowest BCUT2D eigenvalue weighted by Gasteiger charge is -2.55. The molecule has 2 amide bonds. The predicted octanol–water partition coefficient (Wildman–Crippen LogP) is 4.18. The molecular formula is C31H39N5O5. The minimum Gasteiger partial charge on any atom is -0.378 e. The van der Waals surface area contributed by atoms with E-state index in [0.29, 0.717) is 31.0 Å². The van der Waals surface area contributed by atoms with Gasteiger partial charge in [0.25, 0.3) is 11.6 Å². The molecule has 6 aliphatic rings. The van der Waals surface area contributed by atoms with Crippen LogP contribution in [-0.2, 0) is 14.3 Å². The molecule has 1 saturated heterocycles. The number of nitrogens with one attached hydrogen (secondary N) is 2. The average molecular weight is 562 g/mol. The molecule has 1 aromatic rings. The summed E-state index contributed by atoms with van der Waals surface area (Å²) in [5.74, 6) is 1.69. The normalized spacial score (nSPS) is 30.7. The number of non-ortho nitro benzene ring substituents is 1. The SMILES string of the molecule is CC(NC(=O)C12CC3CC(CC(C3)C1)C2)C(=O)N/N=C/C1=C(N2CCOCC2)C(=C/c2cccc([N+](=O)[O-])c2)/CC1. The van der Waals surface area contributed by atoms with E-state index in [1.54, 1.807) is 25.3 Å². The van der Waals surface area contributed by atoms with Crippen molar-refractivity contribution >= 4 is 29.8 Å². The Morgan fingerprint density at radius 3 is 2.46 bits per heavy atom. The number of morpholine rings is 1. The van der Waals surface area contributed by atoms with Gasteiger partial charge in [0.2, 0.25) is 5.91 Å². The summed E-state index contributed by atoms with van der Waals surface area (Å²) in [7, 11) is 0. The maximum Gasteiger partial charge on any atom is 0.270 e. The lowest BCUT2D eigenvalue weighted by atomic mass is 9.49. The van der Waals surface area contributed by atoms with Crippen molar-refractivity contribution in [2.75, 3.05) is 26.3 Å². The minimum absolute atomic E-state index is 0.0345. The molecule has 5 fully saturated rings. The second kappa shape index (κ2) is 11.4. The number of rotatable bonds is 8. The minimum atomic E-state index is -0.673. The van der Waals surface area contributed by atoms with E-state index < -0.39 is 6.04 Å². The standard InChI is InChI=1S/C31H39N5O5/c1-20(33-30(38)31-16-22-11-23(17-31)13-24(12-22)18-31)29(37)34-32-19-26-6-5-25(28(26)35-7-9-41-10-8-35)14-21-3-2-4-27(15-21)36(39)40/h2-4,14-15,19-20,22-24H,5-13,16-18H2,1H3,(H,33,38)(H,34,37)/b25-14+,32-19+. The van der Waals surface area contributed by atoms with Gasteiger partial charge < -0.3 is 15.0 Å². The molecule has 1 aromatic carbocycles. The molecule has 0 spiro atoms. The van der Waals surface area contributed by atoms with E-state index in [0.717, 1.165) is 67.6 Å². The van der Waals surface area contributed by atoms with Gasteiger partial charge in [-0.3, -0.25) is 19.7 Å². The van der Waals surface area contributed by atoms with E-state index >= 15 is 0 Å². The third-order valence-corrected chi connectivity index (χ3v) is 9.68. The summed E-state index contributed by atoms with van der Waals surface area (Å²) in [4.78, 5) is 39.4. The summed E-state index contributed by atoms with van der Waals surface area (Å²) in [6.07, 6.45) is 11.9. The van der Waals surface area contributed by atoms with Crippen LogP contribution in [0.5, 0.6) is 0 Å². The number of nitro groups is 1. The van der Waals surface area contributed by atoms with Crippen LogP contribution in [0, 0.1) is 33.3 Å². The Hall–Kier alpha value is -3.53. The van der Waals surface area contributed by atoms with Gasteiger partial charge in [0, 0.05) is 36.3 Å². The van der Waals surface area contributed by atoms with Gasteiger partial charge >= 0.3 is 0 Å². The Bertz CT molecular complexity index is 1280. The van der Waals surface area contributed by atoms with Crippen LogP contribution in [0.3, 0.4) is 0 Å². The van der Waals surface area contributed by atoms with E-state index in [2.05, 4.69) is 20.7 Å². The summed E-state index contributed by atoms with van der Waals surface area (Å²) < 4.78 is 5.55. The average Bonchev–Trinajstić information content (AvgIpc) is 3.34. The number of ether oxygens (including phenoxy) is 1. The molecular weight excluding hydrogens is 522 g/mol. The van der Waals surface area contributed by atoms with Gasteiger partial charge in [0.1, 0.15) is 6.04 Å². The van der Waals surface area contributed by atoms with Crippen LogP contribution in [0.15, 0.2) is 46.2 Å². The Balaban J connectivity index is 1.13. The summed E-state index contributed by atoms with van der Waals surface area (Å²) in [5, 5.41) is 18.6. The number of amides is 2. The second-order valence-corrected chi connectivity index (χ2v) is 12.6. The zero-order valence-electron chi connectivity index (χ0n) is 23.6. The highest BCUT2D eigenvalue weighted by Gasteiger charge is 2.54. The van der Waals surface area contributed by atoms with Gasteiger partial charge in [-0.2, -0.15) is 5.10 Å². The van der Waals surface area contributed by atoms with E-state index in [1.807, 2.05) is 12.1 Å². The molecule has 2 N–H and O–H groups in total. The fourth-order valence-electron chi connectivity index (χ4n) is 8.18. The smallest absolute Gasteiger partial charge is 0.270 e. The highest BCUT2D eigenvalue weighted by Crippen LogP contribution is 2.60. The van der Waals surface area contributed by atoms with Crippen LogP contribution in [0.4, 0.5) is 5.69 Å². The third kappa shape index (κ3) is 5.80. The number of nitro benzene ring substituents is 1. The maximum absolute atomic E-state index is 13.4. The Morgan fingerprint density at radius 1 is 1.12 bits per heavy atom. The van der Waals surface area contributed by atoms with Crippen LogP contribution >= 0.6 is 0 Å². The molecule has 4 bridgehead atoms. The molecule has 1 unspecified atom stereocenters. The number of carbonyl (C=O) groups is 2. The molecule has 1 aliphatic heterocycles. The number of benzene rings is 1. The van der Waals surface area contributed by atoms with Crippen molar-refractivity contribution in [2.45, 2.75) is 64.3 Å². The lowest BCUT2D eigenvalue weighted by Crippen LogP contribution is -2.56. The first-order valence-corrected chi connectivity index (χ1v) is 14.9. The summed E-state index contributed by atoms with van der Waals surface area (Å²) in [6, 6.07) is 5.95. The summed E-state index contributed by atoms with van der Waals surface area (Å²) in [6.45, 7) is 4.43. The molecule has 4 saturated carbocycles. The monoisotopic (exact) mass is 561 g/mol. The first kappa shape index (κ1) is 27.6. The molecule has 0 aromatic heterocycles. The first-order chi connectivity index (χ1) is 19.8. The molecule has 10 nitrogen and oxygen atoms in total. The number of hydrazone groups is 1. The number of carbonyl (C=O) groups excluding carboxylic acids is 2. The van der Waals surface area contributed by atoms with Crippen molar-refractivity contribution in [2.24, 2.45) is 28.3 Å². The number of nitrogens with zero attached hydrogens (tertiary/aromatic N) is 3. The molecule has 218 valence electrons. The van der Waals surface area contributed by atoms with Crippen LogP contribution in [0.1, 0.15) is 63.9 Å². The molecule has 0 radical (unpaired) electrons. The van der Waals surface area contributed by atoms with E-state index in [1.165, 1.54) is 25.3 Å². The van der Waals surface area contributed by atoms with Crippen LogP contribution in [0.25, 0.3) is 6.08 Å². The molecule has 5 aliphatic carbocycles. The quantitative estimate of drug-likeness (QED) is 0.279. The molecule has 1 atom stereocenters. The fraction of sp³-hybridized carbons (Fsp3) is 0.581. The highest BCUT2D eigenvalue weighted by molar-refractivity contribution is 5.91. The number of hydrogen-bond donors (Lipinski definition) is 2. The Kier molecular flexibility index (Phi) is 7.68. The molecule has 41 heavy (non-hydrogen) atoms. The first-order valence-electron chi connectivity index (χ1n) is 14.9.